The quantitative estimate of drug-likeness (QED) is 0.0921. The van der Waals surface area contributed by atoms with Crippen molar-refractivity contribution < 1.29 is 38.2 Å². The maximum Gasteiger partial charge on any atom is 0.407 e. The first-order valence-corrected chi connectivity index (χ1v) is 24.2. The number of carbonyl (C=O) groups is 6. The van der Waals surface area contributed by atoms with Crippen molar-refractivity contribution in [1.82, 2.24) is 25.4 Å². The van der Waals surface area contributed by atoms with Crippen LogP contribution in [-0.2, 0) is 28.7 Å². The lowest BCUT2D eigenvalue weighted by molar-refractivity contribution is -0.139. The SMILES string of the molecule is COC(=O)N[C@H](C(=O)N1CCC[C@H]1C(=O)Nc1ccc([C@H]2CC[C@H](c3ccc(NC(=O)[C@@H]4CCCN4C(=O)[C@@H](NC(=O)OC)C(C)C)cc3)N2c2ccc(-c3ccc(N(C)C)nc3)cc2)cc1)C(C)C. The molecule has 0 saturated carbocycles. The Labute approximate surface area is 410 Å². The van der Waals surface area contributed by atoms with Crippen molar-refractivity contribution in [3.8, 4) is 11.1 Å². The van der Waals surface area contributed by atoms with Gasteiger partial charge in [-0.2, -0.15) is 0 Å². The second-order valence-electron chi connectivity index (χ2n) is 19.2. The summed E-state index contributed by atoms with van der Waals surface area (Å²) in [5.41, 5.74) is 6.44. The van der Waals surface area contributed by atoms with E-state index in [-0.39, 0.29) is 47.5 Å². The van der Waals surface area contributed by atoms with Gasteiger partial charge >= 0.3 is 12.2 Å². The Morgan fingerprint density at radius 3 is 1.39 bits per heavy atom. The third-order valence-electron chi connectivity index (χ3n) is 13.7. The van der Waals surface area contributed by atoms with Crippen LogP contribution < -0.4 is 31.1 Å². The van der Waals surface area contributed by atoms with Crippen molar-refractivity contribution in [2.24, 2.45) is 11.8 Å². The second-order valence-corrected chi connectivity index (χ2v) is 19.2. The third-order valence-corrected chi connectivity index (χ3v) is 13.7. The van der Waals surface area contributed by atoms with E-state index in [9.17, 15) is 28.8 Å². The molecule has 6 atom stereocenters. The van der Waals surface area contributed by atoms with Gasteiger partial charge in [0.05, 0.1) is 26.3 Å². The van der Waals surface area contributed by atoms with Crippen LogP contribution >= 0.6 is 0 Å². The van der Waals surface area contributed by atoms with Crippen LogP contribution in [0.4, 0.5) is 32.5 Å². The van der Waals surface area contributed by atoms with Gasteiger partial charge in [-0.05, 0) is 116 Å². The van der Waals surface area contributed by atoms with Crippen molar-refractivity contribution in [3.05, 3.63) is 102 Å². The summed E-state index contributed by atoms with van der Waals surface area (Å²) in [4.78, 5) is 91.0. The van der Waals surface area contributed by atoms with Gasteiger partial charge in [0.15, 0.2) is 0 Å². The Morgan fingerprint density at radius 2 is 1.01 bits per heavy atom. The number of likely N-dealkylation sites (tertiary alicyclic amines) is 2. The molecule has 7 rings (SSSR count). The van der Waals surface area contributed by atoms with E-state index in [4.69, 9.17) is 9.47 Å². The smallest absolute Gasteiger partial charge is 0.407 e. The van der Waals surface area contributed by atoms with E-state index >= 15 is 0 Å². The van der Waals surface area contributed by atoms with E-state index in [1.807, 2.05) is 107 Å². The van der Waals surface area contributed by atoms with E-state index in [1.165, 1.54) is 14.2 Å². The number of anilines is 4. The van der Waals surface area contributed by atoms with Crippen molar-refractivity contribution >= 4 is 58.7 Å². The first-order chi connectivity index (χ1) is 33.6. The van der Waals surface area contributed by atoms with Gasteiger partial charge < -0.3 is 50.3 Å². The number of alkyl carbamates (subject to hydrolysis) is 2. The average Bonchev–Trinajstić information content (AvgIpc) is 4.16. The normalized spacial score (nSPS) is 19.7. The number of amides is 6. The molecular weight excluding hydrogens is 891 g/mol. The van der Waals surface area contributed by atoms with Crippen LogP contribution in [0, 0.1) is 11.8 Å². The Balaban J connectivity index is 1.09. The summed E-state index contributed by atoms with van der Waals surface area (Å²) in [7, 11) is 6.42. The molecule has 3 aliphatic rings. The molecule has 17 nitrogen and oxygen atoms in total. The molecule has 4 N–H and O–H groups in total. The number of aromatic nitrogens is 1. The molecule has 17 heteroatoms. The second kappa shape index (κ2) is 22.5. The first-order valence-electron chi connectivity index (χ1n) is 24.2. The molecule has 1 aromatic heterocycles. The molecule has 0 aliphatic carbocycles. The largest absolute Gasteiger partial charge is 0.453 e. The Hall–Kier alpha value is -7.17. The predicted molar refractivity (Wildman–Crippen MR) is 269 cm³/mol. The highest BCUT2D eigenvalue weighted by Gasteiger charge is 2.41. The fraction of sp³-hybridized carbons (Fsp3) is 0.453. The lowest BCUT2D eigenvalue weighted by Crippen LogP contribution is -2.54. The molecule has 6 amide bonds. The molecular formula is C53H67N9O8. The summed E-state index contributed by atoms with van der Waals surface area (Å²) in [6.07, 6.45) is 4.53. The highest BCUT2D eigenvalue weighted by atomic mass is 16.5. The zero-order valence-electron chi connectivity index (χ0n) is 41.4. The van der Waals surface area contributed by atoms with Crippen LogP contribution in [0.5, 0.6) is 0 Å². The summed E-state index contributed by atoms with van der Waals surface area (Å²) in [6.45, 7) is 8.18. The number of nitrogens with zero attached hydrogens (tertiary/aromatic N) is 5. The van der Waals surface area contributed by atoms with Gasteiger partial charge in [0.1, 0.15) is 30.0 Å². The maximum atomic E-state index is 13.7. The molecule has 0 unspecified atom stereocenters. The van der Waals surface area contributed by atoms with Gasteiger partial charge in [-0.15, -0.1) is 0 Å². The number of hydrogen-bond donors (Lipinski definition) is 4. The predicted octanol–water partition coefficient (Wildman–Crippen LogP) is 7.52. The molecule has 3 aromatic carbocycles. The molecule has 0 spiro atoms. The zero-order valence-corrected chi connectivity index (χ0v) is 41.4. The Bertz CT molecular complexity index is 2360. The van der Waals surface area contributed by atoms with Crippen molar-refractivity contribution in [2.45, 2.75) is 102 Å². The maximum absolute atomic E-state index is 13.7. The van der Waals surface area contributed by atoms with Crippen LogP contribution in [-0.4, -0.2) is 116 Å². The number of carbonyl (C=O) groups excluding carboxylic acids is 6. The van der Waals surface area contributed by atoms with Gasteiger partial charge in [0.25, 0.3) is 0 Å². The van der Waals surface area contributed by atoms with Gasteiger partial charge in [0.2, 0.25) is 23.6 Å². The first kappa shape index (κ1) is 50.7. The molecule has 0 bridgehead atoms. The van der Waals surface area contributed by atoms with E-state index in [0.29, 0.717) is 50.1 Å². The monoisotopic (exact) mass is 958 g/mol. The summed E-state index contributed by atoms with van der Waals surface area (Å²) < 4.78 is 9.51. The lowest BCUT2D eigenvalue weighted by Gasteiger charge is -2.34. The van der Waals surface area contributed by atoms with Crippen LogP contribution in [0.25, 0.3) is 11.1 Å². The molecule has 3 aliphatic heterocycles. The molecule has 4 heterocycles. The zero-order chi connectivity index (χ0) is 50.2. The fourth-order valence-corrected chi connectivity index (χ4v) is 9.86. The number of rotatable bonds is 15. The number of hydrogen-bond acceptors (Lipinski definition) is 11. The Morgan fingerprint density at radius 1 is 0.586 bits per heavy atom. The topological polar surface area (TPSA) is 195 Å². The van der Waals surface area contributed by atoms with Crippen molar-refractivity contribution in [2.75, 3.05) is 61.8 Å². The summed E-state index contributed by atoms with van der Waals surface area (Å²) in [5, 5.41) is 11.4. The van der Waals surface area contributed by atoms with Crippen molar-refractivity contribution in [3.63, 3.8) is 0 Å². The van der Waals surface area contributed by atoms with E-state index in [2.05, 4.69) is 61.5 Å². The minimum atomic E-state index is -0.825. The summed E-state index contributed by atoms with van der Waals surface area (Å²) in [5.74, 6) is -0.737. The van der Waals surface area contributed by atoms with E-state index in [0.717, 1.165) is 46.6 Å². The number of benzene rings is 3. The number of ether oxygens (including phenoxy) is 2. The van der Waals surface area contributed by atoms with Crippen LogP contribution in [0.1, 0.15) is 89.4 Å². The molecule has 4 aromatic rings. The van der Waals surface area contributed by atoms with Crippen molar-refractivity contribution in [1.29, 1.82) is 0 Å². The van der Waals surface area contributed by atoms with Crippen LogP contribution in [0.2, 0.25) is 0 Å². The number of pyridine rings is 1. The average molecular weight is 958 g/mol. The summed E-state index contributed by atoms with van der Waals surface area (Å²) >= 11 is 0. The van der Waals surface area contributed by atoms with Gasteiger partial charge in [-0.25, -0.2) is 14.6 Å². The highest BCUT2D eigenvalue weighted by Crippen LogP contribution is 2.47. The molecule has 3 fully saturated rings. The minimum Gasteiger partial charge on any atom is -0.453 e. The van der Waals surface area contributed by atoms with Crippen LogP contribution in [0.3, 0.4) is 0 Å². The van der Waals surface area contributed by atoms with Gasteiger partial charge in [-0.3, -0.25) is 19.2 Å². The molecule has 70 heavy (non-hydrogen) atoms. The third kappa shape index (κ3) is 11.5. The van der Waals surface area contributed by atoms with Gasteiger partial charge in [0, 0.05) is 56.0 Å². The number of methoxy groups -OCH3 is 2. The summed E-state index contributed by atoms with van der Waals surface area (Å²) in [6, 6.07) is 25.3. The van der Waals surface area contributed by atoms with E-state index in [1.54, 1.807) is 9.80 Å². The molecule has 0 radical (unpaired) electrons. The Kier molecular flexibility index (Phi) is 16.3. The molecule has 3 saturated heterocycles. The lowest BCUT2D eigenvalue weighted by atomic mass is 10.0. The van der Waals surface area contributed by atoms with E-state index < -0.39 is 36.4 Å². The fourth-order valence-electron chi connectivity index (χ4n) is 9.86. The van der Waals surface area contributed by atoms with Gasteiger partial charge in [-0.1, -0.05) is 64.1 Å². The molecule has 372 valence electrons. The number of nitrogens with one attached hydrogen (secondary N) is 4. The standard InChI is InChI=1S/C53H67N9O8/c1-32(2)46(57-52(67)69-7)50(65)60-29-9-11-43(60)48(63)55-38-20-13-35(14-21-38)41-26-27-42(62(41)40-24-17-34(18-25-40)37-19-28-45(54-31-37)59(5)6)36-15-22-39(23-16-36)56-49(64)44-12-10-30-61(44)51(66)47(33(3)4)58-53(68)70-8/h13-25,28,31-33,41-44,46-47H,9-12,26-27,29-30H2,1-8H3,(H,55,63)(H,56,64)(H,57,67)(H,58,68)/t41-,42-,43+,44+,46+,47+/m1/s1. The minimum absolute atomic E-state index is 0.0199. The highest BCUT2D eigenvalue weighted by molar-refractivity contribution is 5.99. The van der Waals surface area contributed by atoms with Crippen LogP contribution in [0.15, 0.2) is 91.1 Å².